The largest absolute Gasteiger partial charge is 0.307 e. The summed E-state index contributed by atoms with van der Waals surface area (Å²) in [5, 5.41) is 5.81. The number of hydrogen-bond acceptors (Lipinski definition) is 2. The molecule has 0 heterocycles. The lowest BCUT2D eigenvalue weighted by molar-refractivity contribution is 0.310. The van der Waals surface area contributed by atoms with Crippen molar-refractivity contribution in [3.8, 4) is 0 Å². The van der Waals surface area contributed by atoms with Gasteiger partial charge >= 0.3 is 0 Å². The number of nitrogens with zero attached hydrogens (tertiary/aromatic N) is 1. The van der Waals surface area contributed by atoms with E-state index in [1.165, 1.54) is 21.9 Å². The molecule has 0 aliphatic heterocycles. The van der Waals surface area contributed by atoms with Gasteiger partial charge in [-0.2, -0.15) is 0 Å². The first-order valence-electron chi connectivity index (χ1n) is 6.01. The molecule has 2 aromatic rings. The van der Waals surface area contributed by atoms with Crippen LogP contribution in [0.25, 0.3) is 10.8 Å². The van der Waals surface area contributed by atoms with Gasteiger partial charge in [-0.15, -0.1) is 0 Å². The van der Waals surface area contributed by atoms with Crippen molar-refractivity contribution in [1.82, 2.24) is 10.2 Å². The fraction of sp³-hybridized carbons (Fsp3) is 0.333. The quantitative estimate of drug-likeness (QED) is 0.809. The fourth-order valence-electron chi connectivity index (χ4n) is 2.15. The number of nitrogens with one attached hydrogen (secondary N) is 1. The van der Waals surface area contributed by atoms with Crippen molar-refractivity contribution in [3.63, 3.8) is 0 Å². The Morgan fingerprint density at radius 3 is 2.53 bits per heavy atom. The molecule has 0 unspecified atom stereocenters. The van der Waals surface area contributed by atoms with Gasteiger partial charge in [0.2, 0.25) is 0 Å². The Bertz CT molecular complexity index is 505. The zero-order chi connectivity index (χ0) is 12.3. The summed E-state index contributed by atoms with van der Waals surface area (Å²) in [7, 11) is 4.09. The van der Waals surface area contributed by atoms with E-state index in [4.69, 9.17) is 0 Å². The molecule has 0 aliphatic carbocycles. The highest BCUT2D eigenvalue weighted by molar-refractivity contribution is 5.83. The van der Waals surface area contributed by atoms with Crippen LogP contribution in [0.2, 0.25) is 0 Å². The molecule has 0 radical (unpaired) electrons. The molecule has 0 amide bonds. The fourth-order valence-corrected chi connectivity index (χ4v) is 2.15. The molecular weight excluding hydrogens is 208 g/mol. The third-order valence-electron chi connectivity index (χ3n) is 2.94. The molecule has 2 heteroatoms. The average Bonchev–Trinajstić information content (AvgIpc) is 2.29. The maximum Gasteiger partial charge on any atom is 0.0478 e. The predicted molar refractivity (Wildman–Crippen MR) is 74.1 cm³/mol. The Balaban J connectivity index is 2.23. The molecule has 0 aromatic heterocycles. The Morgan fingerprint density at radius 1 is 1.06 bits per heavy atom. The van der Waals surface area contributed by atoms with Crippen molar-refractivity contribution in [2.75, 3.05) is 20.8 Å². The normalized spacial score (nSPS) is 11.3. The summed E-state index contributed by atoms with van der Waals surface area (Å²) in [5.41, 5.74) is 2.68. The summed E-state index contributed by atoms with van der Waals surface area (Å²) in [6.45, 7) is 4.02. The van der Waals surface area contributed by atoms with E-state index in [1.807, 2.05) is 7.05 Å². The van der Waals surface area contributed by atoms with Crippen molar-refractivity contribution < 1.29 is 0 Å². The Kier molecular flexibility index (Phi) is 3.77. The number of benzene rings is 2. The van der Waals surface area contributed by atoms with Crippen LogP contribution in [0.4, 0.5) is 0 Å². The third-order valence-corrected chi connectivity index (χ3v) is 2.94. The molecule has 90 valence electrons. The average molecular weight is 228 g/mol. The topological polar surface area (TPSA) is 15.3 Å². The maximum absolute atomic E-state index is 3.16. The van der Waals surface area contributed by atoms with Gasteiger partial charge in [-0.25, -0.2) is 0 Å². The van der Waals surface area contributed by atoms with E-state index in [0.29, 0.717) is 0 Å². The van der Waals surface area contributed by atoms with Crippen molar-refractivity contribution in [3.05, 3.63) is 47.5 Å². The van der Waals surface area contributed by atoms with Crippen molar-refractivity contribution in [2.24, 2.45) is 0 Å². The summed E-state index contributed by atoms with van der Waals surface area (Å²) < 4.78 is 0. The summed E-state index contributed by atoms with van der Waals surface area (Å²) >= 11 is 0. The van der Waals surface area contributed by atoms with E-state index >= 15 is 0 Å². The van der Waals surface area contributed by atoms with Crippen LogP contribution in [0.5, 0.6) is 0 Å². The van der Waals surface area contributed by atoms with Crippen LogP contribution in [-0.4, -0.2) is 25.7 Å². The Labute approximate surface area is 103 Å². The van der Waals surface area contributed by atoms with Crippen LogP contribution in [0, 0.1) is 6.92 Å². The number of fused-ring (bicyclic) bond motifs is 1. The van der Waals surface area contributed by atoms with Crippen LogP contribution >= 0.6 is 0 Å². The van der Waals surface area contributed by atoms with Gasteiger partial charge < -0.3 is 5.32 Å². The van der Waals surface area contributed by atoms with Crippen LogP contribution in [0.3, 0.4) is 0 Å². The molecule has 0 saturated heterocycles. The SMILES string of the molecule is CNCN(C)Cc1ccc2cc(C)ccc2c1. The standard InChI is InChI=1S/C15H20N2/c1-12-4-6-15-9-13(5-7-14(15)8-12)10-17(3)11-16-2/h4-9,16H,10-11H2,1-3H3. The first-order chi connectivity index (χ1) is 8.19. The van der Waals surface area contributed by atoms with E-state index in [9.17, 15) is 0 Å². The van der Waals surface area contributed by atoms with E-state index in [0.717, 1.165) is 13.2 Å². The molecule has 0 spiro atoms. The lowest BCUT2D eigenvalue weighted by Gasteiger charge is -2.16. The monoisotopic (exact) mass is 228 g/mol. The van der Waals surface area contributed by atoms with Crippen molar-refractivity contribution in [1.29, 1.82) is 0 Å². The molecule has 2 aromatic carbocycles. The first kappa shape index (κ1) is 12.1. The second-order valence-electron chi connectivity index (χ2n) is 4.71. The minimum absolute atomic E-state index is 0.909. The van der Waals surface area contributed by atoms with Gasteiger partial charge in [0.05, 0.1) is 0 Å². The van der Waals surface area contributed by atoms with Crippen LogP contribution in [-0.2, 0) is 6.54 Å². The van der Waals surface area contributed by atoms with Crippen LogP contribution < -0.4 is 5.32 Å². The minimum atomic E-state index is 0.909. The van der Waals surface area contributed by atoms with E-state index in [-0.39, 0.29) is 0 Å². The molecule has 0 aliphatic rings. The van der Waals surface area contributed by atoms with Gasteiger partial charge in [-0.05, 0) is 43.4 Å². The molecular formula is C15H20N2. The third kappa shape index (κ3) is 3.05. The number of hydrogen-bond donors (Lipinski definition) is 1. The highest BCUT2D eigenvalue weighted by atomic mass is 15.2. The minimum Gasteiger partial charge on any atom is -0.307 e. The van der Waals surface area contributed by atoms with E-state index < -0.39 is 0 Å². The van der Waals surface area contributed by atoms with Crippen LogP contribution in [0.15, 0.2) is 36.4 Å². The highest BCUT2D eigenvalue weighted by Crippen LogP contribution is 2.18. The number of rotatable bonds is 4. The zero-order valence-corrected chi connectivity index (χ0v) is 10.8. The maximum atomic E-state index is 3.16. The molecule has 0 atom stereocenters. The molecule has 0 saturated carbocycles. The van der Waals surface area contributed by atoms with Gasteiger partial charge in [0.15, 0.2) is 0 Å². The van der Waals surface area contributed by atoms with Gasteiger partial charge in [-0.1, -0.05) is 35.9 Å². The molecule has 0 fully saturated rings. The van der Waals surface area contributed by atoms with Crippen molar-refractivity contribution in [2.45, 2.75) is 13.5 Å². The smallest absolute Gasteiger partial charge is 0.0478 e. The van der Waals surface area contributed by atoms with Gasteiger partial charge in [0.1, 0.15) is 0 Å². The second-order valence-corrected chi connectivity index (χ2v) is 4.71. The number of aryl methyl sites for hydroxylation is 1. The summed E-state index contributed by atoms with van der Waals surface area (Å²) in [4.78, 5) is 2.26. The van der Waals surface area contributed by atoms with E-state index in [1.54, 1.807) is 0 Å². The Hall–Kier alpha value is -1.38. The predicted octanol–water partition coefficient (Wildman–Crippen LogP) is 2.76. The zero-order valence-electron chi connectivity index (χ0n) is 10.8. The van der Waals surface area contributed by atoms with Crippen molar-refractivity contribution >= 4 is 10.8 Å². The van der Waals surface area contributed by atoms with Gasteiger partial charge in [0, 0.05) is 13.2 Å². The van der Waals surface area contributed by atoms with Gasteiger partial charge in [0.25, 0.3) is 0 Å². The summed E-state index contributed by atoms with van der Waals surface area (Å²) in [6.07, 6.45) is 0. The lowest BCUT2D eigenvalue weighted by Crippen LogP contribution is -2.27. The Morgan fingerprint density at radius 2 is 1.76 bits per heavy atom. The molecule has 0 bridgehead atoms. The molecule has 2 rings (SSSR count). The summed E-state index contributed by atoms with van der Waals surface area (Å²) in [5.74, 6) is 0. The van der Waals surface area contributed by atoms with Gasteiger partial charge in [-0.3, -0.25) is 4.90 Å². The van der Waals surface area contributed by atoms with E-state index in [2.05, 4.69) is 60.6 Å². The highest BCUT2D eigenvalue weighted by Gasteiger charge is 2.00. The lowest BCUT2D eigenvalue weighted by atomic mass is 10.0. The molecule has 1 N–H and O–H groups in total. The molecule has 17 heavy (non-hydrogen) atoms. The summed E-state index contributed by atoms with van der Waals surface area (Å²) in [6, 6.07) is 13.3. The van der Waals surface area contributed by atoms with Crippen LogP contribution in [0.1, 0.15) is 11.1 Å². The second kappa shape index (κ2) is 5.30. The first-order valence-corrected chi connectivity index (χ1v) is 6.01. The molecule has 2 nitrogen and oxygen atoms in total.